The molecule has 0 amide bonds. The lowest BCUT2D eigenvalue weighted by Gasteiger charge is -2.06. The minimum absolute atomic E-state index is 0.581. The molecule has 0 fully saturated rings. The third-order valence-corrected chi connectivity index (χ3v) is 2.80. The van der Waals surface area contributed by atoms with Crippen LogP contribution in [-0.2, 0) is 19.3 Å². The SMILES string of the molecule is CC(C)Cc1c(N)n[nH]c1CCc1ccco1. The number of H-pyrrole nitrogens is 1. The van der Waals surface area contributed by atoms with Crippen molar-refractivity contribution < 1.29 is 4.42 Å². The van der Waals surface area contributed by atoms with Crippen LogP contribution in [0.2, 0.25) is 0 Å². The summed E-state index contributed by atoms with van der Waals surface area (Å²) >= 11 is 0. The molecule has 0 saturated carbocycles. The lowest BCUT2D eigenvalue weighted by Crippen LogP contribution is -2.02. The molecule has 0 aliphatic rings. The number of hydrogen-bond donors (Lipinski definition) is 2. The van der Waals surface area contributed by atoms with Crippen LogP contribution in [0.1, 0.15) is 30.9 Å². The molecule has 2 rings (SSSR count). The van der Waals surface area contributed by atoms with Gasteiger partial charge in [-0.3, -0.25) is 5.10 Å². The number of nitrogens with two attached hydrogens (primary N) is 1. The summed E-state index contributed by atoms with van der Waals surface area (Å²) in [5.74, 6) is 2.21. The van der Waals surface area contributed by atoms with Crippen LogP contribution in [0.25, 0.3) is 0 Å². The first-order valence-corrected chi connectivity index (χ1v) is 6.00. The van der Waals surface area contributed by atoms with Gasteiger partial charge in [0.1, 0.15) is 11.6 Å². The van der Waals surface area contributed by atoms with E-state index in [1.165, 1.54) is 0 Å². The van der Waals surface area contributed by atoms with Gasteiger partial charge in [-0.1, -0.05) is 13.8 Å². The van der Waals surface area contributed by atoms with Crippen LogP contribution in [0, 0.1) is 5.92 Å². The molecule has 0 bridgehead atoms. The first-order valence-electron chi connectivity index (χ1n) is 6.00. The molecule has 4 heteroatoms. The van der Waals surface area contributed by atoms with Crippen LogP contribution in [-0.4, -0.2) is 10.2 Å². The summed E-state index contributed by atoms with van der Waals surface area (Å²) in [6, 6.07) is 3.90. The van der Waals surface area contributed by atoms with Gasteiger partial charge in [-0.25, -0.2) is 0 Å². The van der Waals surface area contributed by atoms with Gasteiger partial charge >= 0.3 is 0 Å². The summed E-state index contributed by atoms with van der Waals surface area (Å²) in [7, 11) is 0. The Morgan fingerprint density at radius 2 is 2.24 bits per heavy atom. The van der Waals surface area contributed by atoms with Gasteiger partial charge in [0, 0.05) is 17.7 Å². The molecule has 2 heterocycles. The maximum atomic E-state index is 5.87. The largest absolute Gasteiger partial charge is 0.469 e. The molecule has 0 aliphatic carbocycles. The number of hydrogen-bond acceptors (Lipinski definition) is 3. The average molecular weight is 233 g/mol. The molecule has 3 N–H and O–H groups in total. The van der Waals surface area contributed by atoms with Crippen molar-refractivity contribution >= 4 is 5.82 Å². The Labute approximate surface area is 101 Å². The van der Waals surface area contributed by atoms with E-state index >= 15 is 0 Å². The van der Waals surface area contributed by atoms with Crippen LogP contribution in [0.15, 0.2) is 22.8 Å². The van der Waals surface area contributed by atoms with Crippen LogP contribution >= 0.6 is 0 Å². The second-order valence-corrected chi connectivity index (χ2v) is 4.74. The fourth-order valence-electron chi connectivity index (χ4n) is 1.96. The molecule has 2 aromatic rings. The van der Waals surface area contributed by atoms with E-state index in [1.807, 2.05) is 12.1 Å². The number of aryl methyl sites for hydroxylation is 2. The number of aromatic amines is 1. The highest BCUT2D eigenvalue weighted by atomic mass is 16.3. The first kappa shape index (κ1) is 11.8. The smallest absolute Gasteiger partial charge is 0.148 e. The molecule has 4 nitrogen and oxygen atoms in total. The molecule has 0 radical (unpaired) electrons. The van der Waals surface area contributed by atoms with Gasteiger partial charge in [0.05, 0.1) is 6.26 Å². The highest BCUT2D eigenvalue weighted by Gasteiger charge is 2.12. The number of nitrogens with one attached hydrogen (secondary N) is 1. The number of aromatic nitrogens is 2. The van der Waals surface area contributed by atoms with Crippen LogP contribution < -0.4 is 5.73 Å². The minimum Gasteiger partial charge on any atom is -0.469 e. The molecular weight excluding hydrogens is 214 g/mol. The van der Waals surface area contributed by atoms with E-state index in [0.29, 0.717) is 11.7 Å². The van der Waals surface area contributed by atoms with Crippen molar-refractivity contribution in [2.45, 2.75) is 33.1 Å². The maximum absolute atomic E-state index is 5.87. The lowest BCUT2D eigenvalue weighted by atomic mass is 10.0. The summed E-state index contributed by atoms with van der Waals surface area (Å²) in [5.41, 5.74) is 8.16. The minimum atomic E-state index is 0.581. The van der Waals surface area contributed by atoms with Crippen molar-refractivity contribution in [2.24, 2.45) is 5.92 Å². The van der Waals surface area contributed by atoms with E-state index < -0.39 is 0 Å². The lowest BCUT2D eigenvalue weighted by molar-refractivity contribution is 0.507. The molecule has 0 saturated heterocycles. The molecule has 0 atom stereocenters. The van der Waals surface area contributed by atoms with Crippen molar-refractivity contribution in [3.05, 3.63) is 35.4 Å². The fraction of sp³-hybridized carbons (Fsp3) is 0.462. The summed E-state index contributed by atoms with van der Waals surface area (Å²) in [5, 5.41) is 7.12. The molecule has 0 aliphatic heterocycles. The van der Waals surface area contributed by atoms with E-state index in [1.54, 1.807) is 6.26 Å². The van der Waals surface area contributed by atoms with Crippen molar-refractivity contribution in [3.8, 4) is 0 Å². The third-order valence-electron chi connectivity index (χ3n) is 2.80. The molecule has 0 spiro atoms. The van der Waals surface area contributed by atoms with Crippen molar-refractivity contribution in [1.29, 1.82) is 0 Å². The Morgan fingerprint density at radius 3 is 2.88 bits per heavy atom. The quantitative estimate of drug-likeness (QED) is 0.834. The molecule has 0 unspecified atom stereocenters. The van der Waals surface area contributed by atoms with Crippen LogP contribution in [0.3, 0.4) is 0 Å². The van der Waals surface area contributed by atoms with Crippen molar-refractivity contribution in [3.63, 3.8) is 0 Å². The highest BCUT2D eigenvalue weighted by Crippen LogP contribution is 2.19. The van der Waals surface area contributed by atoms with Gasteiger partial charge in [0.15, 0.2) is 0 Å². The summed E-state index contributed by atoms with van der Waals surface area (Å²) in [4.78, 5) is 0. The summed E-state index contributed by atoms with van der Waals surface area (Å²) < 4.78 is 5.32. The molecule has 92 valence electrons. The standard InChI is InChI=1S/C13H19N3O/c1-9(2)8-11-12(15-16-13(11)14)6-5-10-4-3-7-17-10/h3-4,7,9H,5-6,8H2,1-2H3,(H3,14,15,16). The second-order valence-electron chi connectivity index (χ2n) is 4.74. The zero-order chi connectivity index (χ0) is 12.3. The van der Waals surface area contributed by atoms with E-state index in [0.717, 1.165) is 36.3 Å². The van der Waals surface area contributed by atoms with Gasteiger partial charge in [0.2, 0.25) is 0 Å². The monoisotopic (exact) mass is 233 g/mol. The highest BCUT2D eigenvalue weighted by molar-refractivity contribution is 5.42. The van der Waals surface area contributed by atoms with E-state index in [9.17, 15) is 0 Å². The number of furan rings is 1. The Kier molecular flexibility index (Phi) is 3.52. The number of nitrogens with zero attached hydrogens (tertiary/aromatic N) is 1. The van der Waals surface area contributed by atoms with E-state index in [-0.39, 0.29) is 0 Å². The predicted octanol–water partition coefficient (Wildman–Crippen LogP) is 2.57. The normalized spacial score (nSPS) is 11.2. The topological polar surface area (TPSA) is 67.8 Å². The fourth-order valence-corrected chi connectivity index (χ4v) is 1.96. The molecule has 2 aromatic heterocycles. The van der Waals surface area contributed by atoms with Crippen molar-refractivity contribution in [1.82, 2.24) is 10.2 Å². The second kappa shape index (κ2) is 5.08. The van der Waals surface area contributed by atoms with Gasteiger partial charge in [0.25, 0.3) is 0 Å². The Balaban J connectivity index is 2.05. The maximum Gasteiger partial charge on any atom is 0.148 e. The summed E-state index contributed by atoms with van der Waals surface area (Å²) in [6.45, 7) is 4.37. The molecule has 0 aromatic carbocycles. The van der Waals surface area contributed by atoms with Crippen LogP contribution in [0.5, 0.6) is 0 Å². The van der Waals surface area contributed by atoms with E-state index in [4.69, 9.17) is 10.2 Å². The Hall–Kier alpha value is -1.71. The van der Waals surface area contributed by atoms with Gasteiger partial charge in [-0.15, -0.1) is 0 Å². The Bertz CT molecular complexity index is 457. The van der Waals surface area contributed by atoms with Gasteiger partial charge in [-0.2, -0.15) is 5.10 Å². The number of anilines is 1. The number of rotatable bonds is 5. The first-order chi connectivity index (χ1) is 8.16. The predicted molar refractivity (Wildman–Crippen MR) is 67.7 cm³/mol. The zero-order valence-corrected chi connectivity index (χ0v) is 10.4. The molecular formula is C13H19N3O. The Morgan fingerprint density at radius 1 is 1.41 bits per heavy atom. The van der Waals surface area contributed by atoms with Crippen molar-refractivity contribution in [2.75, 3.05) is 5.73 Å². The third kappa shape index (κ3) is 2.90. The average Bonchev–Trinajstić information content (AvgIpc) is 2.88. The van der Waals surface area contributed by atoms with Gasteiger partial charge in [-0.05, 0) is 30.9 Å². The van der Waals surface area contributed by atoms with Crippen LogP contribution in [0.4, 0.5) is 5.82 Å². The van der Waals surface area contributed by atoms with Gasteiger partial charge < -0.3 is 10.2 Å². The summed E-state index contributed by atoms with van der Waals surface area (Å²) in [6.07, 6.45) is 4.43. The number of nitrogen functional groups attached to an aromatic ring is 1. The zero-order valence-electron chi connectivity index (χ0n) is 10.4. The molecule has 17 heavy (non-hydrogen) atoms. The van der Waals surface area contributed by atoms with E-state index in [2.05, 4.69) is 24.0 Å².